The van der Waals surface area contributed by atoms with Crippen molar-refractivity contribution in [2.75, 3.05) is 5.32 Å². The maximum atomic E-state index is 13.2. The monoisotopic (exact) mass is 482 g/mol. The van der Waals surface area contributed by atoms with Crippen molar-refractivity contribution in [2.45, 2.75) is 70.0 Å². The lowest BCUT2D eigenvalue weighted by Gasteiger charge is -2.37. The van der Waals surface area contributed by atoms with Crippen molar-refractivity contribution in [3.05, 3.63) is 64.6 Å². The second kappa shape index (κ2) is 9.68. The average Bonchev–Trinajstić information content (AvgIpc) is 2.81. The fraction of sp³-hybridized carbons (Fsp3) is 0.400. The van der Waals surface area contributed by atoms with E-state index in [2.05, 4.69) is 10.4 Å². The van der Waals surface area contributed by atoms with Crippen LogP contribution in [0.4, 0.5) is 5.69 Å². The summed E-state index contributed by atoms with van der Waals surface area (Å²) < 4.78 is 29.4. The summed E-state index contributed by atoms with van der Waals surface area (Å²) in [5.41, 5.74) is 0.365. The number of carbonyl (C=O) groups excluding carboxylic acids is 1. The van der Waals surface area contributed by atoms with E-state index in [1.165, 1.54) is 16.8 Å². The van der Waals surface area contributed by atoms with E-state index in [4.69, 9.17) is 0 Å². The van der Waals surface area contributed by atoms with Gasteiger partial charge in [-0.05, 0) is 63.4 Å². The molecule has 8 nitrogen and oxygen atoms in total. The highest BCUT2D eigenvalue weighted by Gasteiger charge is 2.35. The number of aromatic nitrogens is 2. The molecule has 2 heterocycles. The first kappa shape index (κ1) is 24.1. The highest BCUT2D eigenvalue weighted by molar-refractivity contribution is 7.89. The molecule has 0 aliphatic carbocycles. The first-order chi connectivity index (χ1) is 16.2. The smallest absolute Gasteiger partial charge is 0.276 e. The summed E-state index contributed by atoms with van der Waals surface area (Å²) in [6.07, 6.45) is 3.42. The van der Waals surface area contributed by atoms with Crippen LogP contribution in [0.5, 0.6) is 0 Å². The molecule has 34 heavy (non-hydrogen) atoms. The minimum absolute atomic E-state index is 0.0497. The molecular weight excluding hydrogens is 452 g/mol. The Morgan fingerprint density at radius 2 is 1.65 bits per heavy atom. The number of hydrogen-bond donors (Lipinski definition) is 1. The van der Waals surface area contributed by atoms with Crippen LogP contribution >= 0.6 is 0 Å². The molecule has 1 aromatic heterocycles. The van der Waals surface area contributed by atoms with Crippen LogP contribution in [0.25, 0.3) is 10.8 Å². The van der Waals surface area contributed by atoms with Gasteiger partial charge in [0.25, 0.3) is 11.5 Å². The number of aryl methyl sites for hydroxylation is 1. The Balaban J connectivity index is 1.61. The fourth-order valence-corrected chi connectivity index (χ4v) is 6.54. The fourth-order valence-electron chi connectivity index (χ4n) is 4.66. The van der Waals surface area contributed by atoms with Gasteiger partial charge >= 0.3 is 0 Å². The molecule has 1 aliphatic heterocycles. The molecule has 1 fully saturated rings. The minimum Gasteiger partial charge on any atom is -0.321 e. The van der Waals surface area contributed by atoms with Gasteiger partial charge in [-0.25, -0.2) is 13.1 Å². The Morgan fingerprint density at radius 1 is 1.03 bits per heavy atom. The van der Waals surface area contributed by atoms with Crippen LogP contribution in [-0.4, -0.2) is 40.5 Å². The number of piperidine rings is 1. The lowest BCUT2D eigenvalue weighted by molar-refractivity contribution is 0.102. The Bertz CT molecular complexity index is 1360. The first-order valence-electron chi connectivity index (χ1n) is 11.7. The molecule has 0 saturated carbocycles. The van der Waals surface area contributed by atoms with E-state index in [9.17, 15) is 18.0 Å². The summed E-state index contributed by atoms with van der Waals surface area (Å²) in [4.78, 5) is 26.0. The highest BCUT2D eigenvalue weighted by atomic mass is 32.2. The van der Waals surface area contributed by atoms with Gasteiger partial charge in [-0.15, -0.1) is 0 Å². The number of anilines is 1. The van der Waals surface area contributed by atoms with Crippen LogP contribution < -0.4 is 10.9 Å². The van der Waals surface area contributed by atoms with Crippen molar-refractivity contribution in [3.63, 3.8) is 0 Å². The third-order valence-electron chi connectivity index (χ3n) is 6.32. The zero-order valence-electron chi connectivity index (χ0n) is 19.7. The standard InChI is InChI=1S/C25H30N4O4S/c1-4-16-28-25(31)22-11-6-5-10-21(22)23(27-28)24(30)26-19-12-14-20(15-13-19)34(32,33)29-17(2)8-7-9-18(29)3/h5-6,10-15,17-18H,4,7-9,16H2,1-3H3,(H,26,30)/t17-,18-/m1/s1. The number of fused-ring (bicyclic) bond motifs is 1. The second-order valence-electron chi connectivity index (χ2n) is 8.86. The summed E-state index contributed by atoms with van der Waals surface area (Å²) in [6.45, 7) is 6.22. The first-order valence-corrected chi connectivity index (χ1v) is 13.1. The predicted molar refractivity (Wildman–Crippen MR) is 132 cm³/mol. The molecule has 180 valence electrons. The van der Waals surface area contributed by atoms with E-state index < -0.39 is 15.9 Å². The van der Waals surface area contributed by atoms with E-state index in [0.29, 0.717) is 29.4 Å². The van der Waals surface area contributed by atoms with Crippen molar-refractivity contribution >= 4 is 32.4 Å². The summed E-state index contributed by atoms with van der Waals surface area (Å²) >= 11 is 0. The molecule has 4 rings (SSSR count). The third-order valence-corrected chi connectivity index (χ3v) is 8.46. The van der Waals surface area contributed by atoms with Crippen LogP contribution in [0, 0.1) is 0 Å². The van der Waals surface area contributed by atoms with E-state index >= 15 is 0 Å². The van der Waals surface area contributed by atoms with Gasteiger partial charge in [0, 0.05) is 29.7 Å². The van der Waals surface area contributed by atoms with Gasteiger partial charge in [0.15, 0.2) is 5.69 Å². The summed E-state index contributed by atoms with van der Waals surface area (Å²) in [7, 11) is -3.63. The molecule has 0 unspecified atom stereocenters. The van der Waals surface area contributed by atoms with E-state index in [1.807, 2.05) is 20.8 Å². The second-order valence-corrected chi connectivity index (χ2v) is 10.7. The van der Waals surface area contributed by atoms with E-state index in [0.717, 1.165) is 19.3 Å². The van der Waals surface area contributed by atoms with E-state index in [-0.39, 0.29) is 28.2 Å². The number of benzene rings is 2. The Labute approximate surface area is 199 Å². The van der Waals surface area contributed by atoms with Crippen molar-refractivity contribution < 1.29 is 13.2 Å². The Hall–Kier alpha value is -3.04. The van der Waals surface area contributed by atoms with Gasteiger partial charge in [0.05, 0.1) is 10.3 Å². The predicted octanol–water partition coefficient (Wildman–Crippen LogP) is 4.01. The largest absolute Gasteiger partial charge is 0.321 e. The van der Waals surface area contributed by atoms with Gasteiger partial charge in [-0.2, -0.15) is 9.40 Å². The average molecular weight is 483 g/mol. The normalized spacial score (nSPS) is 19.3. The molecule has 0 bridgehead atoms. The Morgan fingerprint density at radius 3 is 2.26 bits per heavy atom. The molecule has 1 N–H and O–H groups in total. The Kier molecular flexibility index (Phi) is 6.86. The van der Waals surface area contributed by atoms with Gasteiger partial charge in [-0.3, -0.25) is 9.59 Å². The van der Waals surface area contributed by atoms with Crippen LogP contribution in [0.1, 0.15) is 56.9 Å². The molecule has 0 spiro atoms. The van der Waals surface area contributed by atoms with Crippen molar-refractivity contribution in [2.24, 2.45) is 0 Å². The summed E-state index contributed by atoms with van der Waals surface area (Å²) in [5.74, 6) is -0.463. The van der Waals surface area contributed by atoms with E-state index in [1.54, 1.807) is 40.7 Å². The van der Waals surface area contributed by atoms with Crippen LogP contribution in [0.3, 0.4) is 0 Å². The topological polar surface area (TPSA) is 101 Å². The van der Waals surface area contributed by atoms with Gasteiger partial charge < -0.3 is 5.32 Å². The number of rotatable bonds is 6. The SMILES string of the molecule is CCCn1nc(C(=O)Nc2ccc(S(=O)(=O)N3[C@H](C)CCC[C@H]3C)cc2)c2ccccc2c1=O. The minimum atomic E-state index is -3.63. The third kappa shape index (κ3) is 4.50. The molecular formula is C25H30N4O4S. The molecule has 1 saturated heterocycles. The van der Waals surface area contributed by atoms with Crippen molar-refractivity contribution in [1.82, 2.24) is 14.1 Å². The maximum Gasteiger partial charge on any atom is 0.276 e. The number of nitrogens with one attached hydrogen (secondary N) is 1. The van der Waals surface area contributed by atoms with Gasteiger partial charge in [0.1, 0.15) is 0 Å². The zero-order chi connectivity index (χ0) is 24.5. The number of nitrogens with zero attached hydrogens (tertiary/aromatic N) is 3. The maximum absolute atomic E-state index is 13.2. The number of sulfonamides is 1. The highest BCUT2D eigenvalue weighted by Crippen LogP contribution is 2.30. The molecule has 2 aromatic carbocycles. The number of carbonyl (C=O) groups is 1. The molecule has 2 atom stereocenters. The molecule has 1 aliphatic rings. The van der Waals surface area contributed by atoms with Crippen LogP contribution in [0.2, 0.25) is 0 Å². The van der Waals surface area contributed by atoms with Crippen LogP contribution in [0.15, 0.2) is 58.2 Å². The quantitative estimate of drug-likeness (QED) is 0.572. The zero-order valence-corrected chi connectivity index (χ0v) is 20.5. The van der Waals surface area contributed by atoms with Crippen LogP contribution in [-0.2, 0) is 16.6 Å². The molecule has 1 amide bonds. The number of amides is 1. The lowest BCUT2D eigenvalue weighted by Crippen LogP contribution is -2.47. The van der Waals surface area contributed by atoms with Gasteiger partial charge in [-0.1, -0.05) is 31.5 Å². The van der Waals surface area contributed by atoms with Gasteiger partial charge in [0.2, 0.25) is 10.0 Å². The number of hydrogen-bond acceptors (Lipinski definition) is 5. The molecule has 3 aromatic rings. The van der Waals surface area contributed by atoms with Crippen molar-refractivity contribution in [1.29, 1.82) is 0 Å². The van der Waals surface area contributed by atoms with Crippen molar-refractivity contribution in [3.8, 4) is 0 Å². The summed E-state index contributed by atoms with van der Waals surface area (Å²) in [5, 5.41) is 8.01. The lowest BCUT2D eigenvalue weighted by atomic mass is 10.0. The summed E-state index contributed by atoms with van der Waals surface area (Å²) in [6, 6.07) is 13.0. The molecule has 0 radical (unpaired) electrons. The molecule has 9 heteroatoms.